The van der Waals surface area contributed by atoms with Crippen molar-refractivity contribution >= 4 is 33.3 Å². The van der Waals surface area contributed by atoms with Gasteiger partial charge < -0.3 is 4.74 Å². The van der Waals surface area contributed by atoms with Gasteiger partial charge in [-0.1, -0.05) is 18.6 Å². The van der Waals surface area contributed by atoms with Crippen molar-refractivity contribution in [1.82, 2.24) is 9.55 Å². The summed E-state index contributed by atoms with van der Waals surface area (Å²) in [6.45, 7) is 7.91. The largest absolute Gasteiger partial charge is 0.450 e. The molecule has 0 N–H and O–H groups in total. The first-order valence-corrected chi connectivity index (χ1v) is 11.4. The average Bonchev–Trinajstić information content (AvgIpc) is 2.90. The van der Waals surface area contributed by atoms with E-state index in [2.05, 4.69) is 4.98 Å². The maximum absolute atomic E-state index is 13.1. The highest BCUT2D eigenvalue weighted by Gasteiger charge is 2.26. The number of esters is 1. The van der Waals surface area contributed by atoms with Gasteiger partial charge in [-0.25, -0.2) is 9.78 Å². The minimum atomic E-state index is -0.926. The molecule has 0 bridgehead atoms. The van der Waals surface area contributed by atoms with Crippen LogP contribution in [0.4, 0.5) is 0 Å². The molecule has 0 fully saturated rings. The molecule has 2 aromatic heterocycles. The summed E-state index contributed by atoms with van der Waals surface area (Å²) in [5.41, 5.74) is 3.11. The number of ether oxygens (including phenoxy) is 1. The molecule has 3 heterocycles. The lowest BCUT2D eigenvalue weighted by molar-refractivity contribution is 0.0323. The van der Waals surface area contributed by atoms with Crippen LogP contribution in [0.2, 0.25) is 0 Å². The molecule has 0 saturated heterocycles. The third-order valence-electron chi connectivity index (χ3n) is 6.04. The smallest absolute Gasteiger partial charge is 0.349 e. The molecule has 0 amide bonds. The summed E-state index contributed by atoms with van der Waals surface area (Å²) in [6, 6.07) is 5.44. The molecule has 162 valence electrons. The second kappa shape index (κ2) is 8.38. The fourth-order valence-corrected chi connectivity index (χ4v) is 5.07. The number of hydrogen-bond donors (Lipinski definition) is 0. The van der Waals surface area contributed by atoms with Gasteiger partial charge in [0.05, 0.1) is 5.39 Å². The zero-order chi connectivity index (χ0) is 22.3. The molecule has 1 atom stereocenters. The van der Waals surface area contributed by atoms with Crippen molar-refractivity contribution in [2.24, 2.45) is 0 Å². The summed E-state index contributed by atoms with van der Waals surface area (Å²) in [5, 5.41) is 0.482. The van der Waals surface area contributed by atoms with Gasteiger partial charge in [0.15, 0.2) is 6.10 Å². The van der Waals surface area contributed by atoms with Gasteiger partial charge in [0.25, 0.3) is 5.56 Å². The summed E-state index contributed by atoms with van der Waals surface area (Å²) < 4.78 is 7.25. The van der Waals surface area contributed by atoms with Crippen LogP contribution in [0.5, 0.6) is 0 Å². The van der Waals surface area contributed by atoms with E-state index in [0.29, 0.717) is 32.8 Å². The molecule has 0 aliphatic carbocycles. The third-order valence-corrected chi connectivity index (χ3v) is 7.21. The number of carbonyl (C=O) groups is 2. The van der Waals surface area contributed by atoms with Crippen LogP contribution in [0.3, 0.4) is 0 Å². The highest BCUT2D eigenvalue weighted by Crippen LogP contribution is 2.29. The first-order chi connectivity index (χ1) is 14.8. The first-order valence-electron chi connectivity index (χ1n) is 10.6. The zero-order valence-corrected chi connectivity index (χ0v) is 19.1. The van der Waals surface area contributed by atoms with Crippen molar-refractivity contribution in [3.8, 4) is 0 Å². The third kappa shape index (κ3) is 3.94. The molecule has 4 rings (SSSR count). The Hall–Kier alpha value is -2.80. The Morgan fingerprint density at radius 1 is 1.13 bits per heavy atom. The summed E-state index contributed by atoms with van der Waals surface area (Å²) in [6.07, 6.45) is 2.89. The Morgan fingerprint density at radius 3 is 2.65 bits per heavy atom. The molecule has 0 spiro atoms. The van der Waals surface area contributed by atoms with Crippen molar-refractivity contribution in [2.45, 2.75) is 66.0 Å². The van der Waals surface area contributed by atoms with Crippen LogP contribution in [-0.4, -0.2) is 27.4 Å². The van der Waals surface area contributed by atoms with E-state index in [-0.39, 0.29) is 11.3 Å². The standard InChI is InChI=1S/C24H26N2O4S/c1-13-9-10-17(12-14(13)2)20(27)16(4)30-24(29)21-15(3)19-22(31-21)25-18-8-6-5-7-11-26(18)23(19)28/h9-10,12,16H,5-8,11H2,1-4H3. The summed E-state index contributed by atoms with van der Waals surface area (Å²) in [4.78, 5) is 44.3. The number of aromatic nitrogens is 2. The number of Topliss-reactive ketones (excluding diaryl/α,β-unsaturated/α-hetero) is 1. The molecule has 1 unspecified atom stereocenters. The predicted molar refractivity (Wildman–Crippen MR) is 121 cm³/mol. The molecule has 7 heteroatoms. The molecule has 1 aromatic carbocycles. The second-order valence-corrected chi connectivity index (χ2v) is 9.24. The van der Waals surface area contributed by atoms with Gasteiger partial charge in [0, 0.05) is 18.5 Å². The topological polar surface area (TPSA) is 78.3 Å². The highest BCUT2D eigenvalue weighted by atomic mass is 32.1. The summed E-state index contributed by atoms with van der Waals surface area (Å²) in [7, 11) is 0. The van der Waals surface area contributed by atoms with Gasteiger partial charge in [-0.15, -0.1) is 11.3 Å². The molecule has 1 aliphatic heterocycles. The second-order valence-electron chi connectivity index (χ2n) is 8.24. The number of nitrogens with zero attached hydrogens (tertiary/aromatic N) is 2. The van der Waals surface area contributed by atoms with Crippen molar-refractivity contribution in [3.05, 3.63) is 61.5 Å². The fraction of sp³-hybridized carbons (Fsp3) is 0.417. The van der Waals surface area contributed by atoms with Crippen LogP contribution in [-0.2, 0) is 17.7 Å². The Bertz CT molecular complexity index is 1250. The van der Waals surface area contributed by atoms with Crippen molar-refractivity contribution in [3.63, 3.8) is 0 Å². The van der Waals surface area contributed by atoms with E-state index < -0.39 is 12.1 Å². The molecule has 31 heavy (non-hydrogen) atoms. The number of carbonyl (C=O) groups excluding carboxylic acids is 2. The van der Waals surface area contributed by atoms with Gasteiger partial charge in [-0.05, 0) is 63.3 Å². The maximum atomic E-state index is 13.1. The minimum absolute atomic E-state index is 0.0889. The van der Waals surface area contributed by atoms with Gasteiger partial charge in [0.1, 0.15) is 15.5 Å². The highest BCUT2D eigenvalue weighted by molar-refractivity contribution is 7.20. The number of benzene rings is 1. The SMILES string of the molecule is Cc1ccc(C(=O)C(C)OC(=O)c2sc3nc4n(c(=O)c3c2C)CCCCC4)cc1C. The fourth-order valence-electron chi connectivity index (χ4n) is 4.00. The quantitative estimate of drug-likeness (QED) is 0.441. The number of hydrogen-bond acceptors (Lipinski definition) is 6. The molecule has 0 radical (unpaired) electrons. The van der Waals surface area contributed by atoms with Crippen LogP contribution < -0.4 is 5.56 Å². The minimum Gasteiger partial charge on any atom is -0.450 e. The number of aryl methyl sites for hydroxylation is 4. The van der Waals surface area contributed by atoms with Gasteiger partial charge >= 0.3 is 5.97 Å². The van der Waals surface area contributed by atoms with E-state index in [1.807, 2.05) is 26.0 Å². The molecule has 0 saturated carbocycles. The first kappa shape index (κ1) is 21.4. The van der Waals surface area contributed by atoms with E-state index in [0.717, 1.165) is 42.6 Å². The van der Waals surface area contributed by atoms with Crippen molar-refractivity contribution in [1.29, 1.82) is 0 Å². The van der Waals surface area contributed by atoms with E-state index in [4.69, 9.17) is 4.74 Å². The van der Waals surface area contributed by atoms with Crippen molar-refractivity contribution in [2.75, 3.05) is 0 Å². The average molecular weight is 439 g/mol. The maximum Gasteiger partial charge on any atom is 0.349 e. The Kier molecular flexibility index (Phi) is 5.79. The lowest BCUT2D eigenvalue weighted by atomic mass is 10.0. The number of fused-ring (bicyclic) bond motifs is 2. The van der Waals surface area contributed by atoms with Gasteiger partial charge in [-0.2, -0.15) is 0 Å². The molecular weight excluding hydrogens is 412 g/mol. The number of ketones is 1. The summed E-state index contributed by atoms with van der Waals surface area (Å²) >= 11 is 1.17. The summed E-state index contributed by atoms with van der Waals surface area (Å²) in [5.74, 6) is -0.0562. The Labute approximate surface area is 184 Å². The van der Waals surface area contributed by atoms with Crippen LogP contribution in [0.25, 0.3) is 10.2 Å². The van der Waals surface area contributed by atoms with Crippen LogP contribution in [0, 0.1) is 20.8 Å². The monoisotopic (exact) mass is 438 g/mol. The number of thiophene rings is 1. The van der Waals surface area contributed by atoms with E-state index >= 15 is 0 Å². The van der Waals surface area contributed by atoms with E-state index in [9.17, 15) is 14.4 Å². The van der Waals surface area contributed by atoms with Crippen LogP contribution >= 0.6 is 11.3 Å². The number of rotatable bonds is 4. The molecule has 3 aromatic rings. The zero-order valence-electron chi connectivity index (χ0n) is 18.3. The molecule has 1 aliphatic rings. The van der Waals surface area contributed by atoms with Gasteiger partial charge in [-0.3, -0.25) is 14.2 Å². The predicted octanol–water partition coefficient (Wildman–Crippen LogP) is 4.54. The lowest BCUT2D eigenvalue weighted by Crippen LogP contribution is -2.25. The Morgan fingerprint density at radius 2 is 1.90 bits per heavy atom. The van der Waals surface area contributed by atoms with E-state index in [1.54, 1.807) is 24.5 Å². The van der Waals surface area contributed by atoms with Crippen LogP contribution in [0.1, 0.15) is 68.7 Å². The molecular formula is C24H26N2O4S. The Balaban J connectivity index is 1.62. The molecule has 6 nitrogen and oxygen atoms in total. The lowest BCUT2D eigenvalue weighted by Gasteiger charge is -2.13. The van der Waals surface area contributed by atoms with Crippen molar-refractivity contribution < 1.29 is 14.3 Å². The van der Waals surface area contributed by atoms with Crippen LogP contribution in [0.15, 0.2) is 23.0 Å². The normalized spacial score (nSPS) is 14.7. The van der Waals surface area contributed by atoms with E-state index in [1.165, 1.54) is 11.3 Å². The van der Waals surface area contributed by atoms with Gasteiger partial charge in [0.2, 0.25) is 5.78 Å².